The Kier molecular flexibility index (Phi) is 2.12. The largest absolute Gasteiger partial charge is 0.484 e. The molecule has 1 atom stereocenters. The van der Waals surface area contributed by atoms with Crippen LogP contribution >= 0.6 is 0 Å². The van der Waals surface area contributed by atoms with E-state index in [1.54, 1.807) is 24.3 Å². The van der Waals surface area contributed by atoms with Gasteiger partial charge in [-0.25, -0.2) is 0 Å². The second-order valence-corrected chi connectivity index (χ2v) is 4.19. The van der Waals surface area contributed by atoms with E-state index in [0.717, 1.165) is 0 Å². The van der Waals surface area contributed by atoms with Crippen LogP contribution in [0.15, 0.2) is 35.6 Å². The molecule has 1 aliphatic heterocycles. The highest BCUT2D eigenvalue weighted by molar-refractivity contribution is 6.26. The summed E-state index contributed by atoms with van der Waals surface area (Å²) in [4.78, 5) is 24.3. The summed E-state index contributed by atoms with van der Waals surface area (Å²) >= 11 is 0. The Morgan fingerprint density at radius 1 is 1.18 bits per heavy atom. The average molecular weight is 229 g/mol. The number of rotatable bonds is 1. The van der Waals surface area contributed by atoms with Crippen molar-refractivity contribution in [3.8, 4) is 0 Å². The average Bonchev–Trinajstić information content (AvgIpc) is 2.80. The van der Waals surface area contributed by atoms with Crippen LogP contribution < -0.4 is 5.73 Å². The van der Waals surface area contributed by atoms with E-state index in [2.05, 4.69) is 0 Å². The van der Waals surface area contributed by atoms with Crippen LogP contribution in [-0.4, -0.2) is 24.2 Å². The van der Waals surface area contributed by atoms with Gasteiger partial charge in [0, 0.05) is 29.7 Å². The molecule has 2 aliphatic rings. The van der Waals surface area contributed by atoms with E-state index in [-0.39, 0.29) is 23.4 Å². The fraction of sp³-hybridized carbons (Fsp3) is 0.231. The molecule has 86 valence electrons. The molecule has 1 aromatic rings. The lowest BCUT2D eigenvalue weighted by Gasteiger charge is -2.14. The van der Waals surface area contributed by atoms with Crippen molar-refractivity contribution >= 4 is 11.6 Å². The van der Waals surface area contributed by atoms with Crippen molar-refractivity contribution in [3.63, 3.8) is 0 Å². The summed E-state index contributed by atoms with van der Waals surface area (Å²) in [5.74, 6) is -0.110. The third-order valence-corrected chi connectivity index (χ3v) is 3.15. The number of fused-ring (bicyclic) bond motifs is 1. The first-order chi connectivity index (χ1) is 8.22. The van der Waals surface area contributed by atoms with Gasteiger partial charge in [0.15, 0.2) is 11.5 Å². The van der Waals surface area contributed by atoms with Gasteiger partial charge in [-0.3, -0.25) is 9.59 Å². The van der Waals surface area contributed by atoms with Gasteiger partial charge in [-0.1, -0.05) is 24.3 Å². The Balaban J connectivity index is 2.11. The van der Waals surface area contributed by atoms with Crippen LogP contribution in [0.1, 0.15) is 27.1 Å². The van der Waals surface area contributed by atoms with E-state index >= 15 is 0 Å². The quantitative estimate of drug-likeness (QED) is 0.782. The molecule has 3 rings (SSSR count). The molecule has 4 heteroatoms. The van der Waals surface area contributed by atoms with Crippen LogP contribution in [0.5, 0.6) is 0 Å². The zero-order valence-electron chi connectivity index (χ0n) is 9.10. The smallest absolute Gasteiger partial charge is 0.228 e. The van der Waals surface area contributed by atoms with Gasteiger partial charge in [0.25, 0.3) is 0 Å². The fourth-order valence-corrected chi connectivity index (χ4v) is 2.28. The van der Waals surface area contributed by atoms with Gasteiger partial charge in [0.2, 0.25) is 5.78 Å². The highest BCUT2D eigenvalue weighted by Crippen LogP contribution is 2.35. The van der Waals surface area contributed by atoms with E-state index in [9.17, 15) is 9.59 Å². The van der Waals surface area contributed by atoms with Gasteiger partial charge in [0.05, 0.1) is 0 Å². The molecule has 1 aliphatic carbocycles. The van der Waals surface area contributed by atoms with Crippen molar-refractivity contribution in [2.75, 3.05) is 6.54 Å². The van der Waals surface area contributed by atoms with Crippen LogP contribution in [0.25, 0.3) is 0 Å². The van der Waals surface area contributed by atoms with Crippen LogP contribution in [0.3, 0.4) is 0 Å². The molecule has 0 amide bonds. The maximum Gasteiger partial charge on any atom is 0.228 e. The number of hydrogen-bond donors (Lipinski definition) is 1. The van der Waals surface area contributed by atoms with Gasteiger partial charge in [0.1, 0.15) is 6.10 Å². The molecule has 0 fully saturated rings. The molecule has 1 aromatic carbocycles. The van der Waals surface area contributed by atoms with E-state index in [4.69, 9.17) is 10.5 Å². The number of benzene rings is 1. The third kappa shape index (κ3) is 1.34. The van der Waals surface area contributed by atoms with Crippen LogP contribution in [0, 0.1) is 0 Å². The number of carbonyl (C=O) groups excluding carboxylic acids is 2. The SMILES string of the molecule is NCC1CC2=C(O1)C(=O)c1ccccc1C2=O. The number of ether oxygens (including phenoxy) is 1. The molecule has 1 unspecified atom stereocenters. The molecule has 0 radical (unpaired) electrons. The molecule has 0 saturated carbocycles. The zero-order valence-corrected chi connectivity index (χ0v) is 9.10. The van der Waals surface area contributed by atoms with Crippen molar-refractivity contribution < 1.29 is 14.3 Å². The maximum absolute atomic E-state index is 12.2. The molecule has 0 bridgehead atoms. The van der Waals surface area contributed by atoms with E-state index < -0.39 is 0 Å². The fourth-order valence-electron chi connectivity index (χ4n) is 2.28. The maximum atomic E-state index is 12.2. The first-order valence-corrected chi connectivity index (χ1v) is 5.50. The molecule has 0 saturated heterocycles. The zero-order chi connectivity index (χ0) is 12.0. The molecule has 1 heterocycles. The van der Waals surface area contributed by atoms with Gasteiger partial charge in [-0.15, -0.1) is 0 Å². The van der Waals surface area contributed by atoms with Crippen LogP contribution in [0.2, 0.25) is 0 Å². The molecule has 4 nitrogen and oxygen atoms in total. The first kappa shape index (κ1) is 10.2. The summed E-state index contributed by atoms with van der Waals surface area (Å²) in [6.07, 6.45) is 0.187. The minimum absolute atomic E-state index is 0.105. The number of carbonyl (C=O) groups is 2. The summed E-state index contributed by atoms with van der Waals surface area (Å²) in [6, 6.07) is 6.82. The Morgan fingerprint density at radius 3 is 2.47 bits per heavy atom. The number of ketones is 2. The van der Waals surface area contributed by atoms with Gasteiger partial charge < -0.3 is 10.5 Å². The van der Waals surface area contributed by atoms with Gasteiger partial charge >= 0.3 is 0 Å². The molecule has 17 heavy (non-hydrogen) atoms. The Morgan fingerprint density at radius 2 is 1.82 bits per heavy atom. The molecular formula is C13H11NO3. The standard InChI is InChI=1S/C13H11NO3/c14-6-7-5-10-11(15)8-3-1-2-4-9(8)12(16)13(10)17-7/h1-4,7H,5-6,14H2. The van der Waals surface area contributed by atoms with Crippen molar-refractivity contribution in [2.45, 2.75) is 12.5 Å². The van der Waals surface area contributed by atoms with Crippen molar-refractivity contribution in [3.05, 3.63) is 46.7 Å². The topological polar surface area (TPSA) is 69.4 Å². The minimum Gasteiger partial charge on any atom is -0.484 e. The van der Waals surface area contributed by atoms with Crippen molar-refractivity contribution in [2.24, 2.45) is 5.73 Å². The molecule has 0 spiro atoms. The van der Waals surface area contributed by atoms with Gasteiger partial charge in [-0.05, 0) is 0 Å². The van der Waals surface area contributed by atoms with Crippen LogP contribution in [0.4, 0.5) is 0 Å². The minimum atomic E-state index is -0.248. The second kappa shape index (κ2) is 3.53. The number of Topliss-reactive ketones (excluding diaryl/α,β-unsaturated/α-hetero) is 2. The lowest BCUT2D eigenvalue weighted by Crippen LogP contribution is -2.20. The Labute approximate surface area is 98.1 Å². The predicted octanol–water partition coefficient (Wildman–Crippen LogP) is 1.07. The lowest BCUT2D eigenvalue weighted by atomic mass is 9.87. The molecular weight excluding hydrogens is 218 g/mol. The normalized spacial score (nSPS) is 22.3. The molecule has 2 N–H and O–H groups in total. The Bertz CT molecular complexity index is 513. The van der Waals surface area contributed by atoms with E-state index in [1.165, 1.54) is 0 Å². The summed E-state index contributed by atoms with van der Waals surface area (Å²) in [6.45, 7) is 0.309. The summed E-state index contributed by atoms with van der Waals surface area (Å²) in [5, 5.41) is 0. The first-order valence-electron chi connectivity index (χ1n) is 5.50. The molecule has 0 aromatic heterocycles. The lowest BCUT2D eigenvalue weighted by molar-refractivity contribution is 0.0850. The summed E-state index contributed by atoms with van der Waals surface area (Å²) in [7, 11) is 0. The predicted molar refractivity (Wildman–Crippen MR) is 60.7 cm³/mol. The number of hydrogen-bond acceptors (Lipinski definition) is 4. The number of allylic oxidation sites excluding steroid dienone is 1. The number of nitrogens with two attached hydrogens (primary N) is 1. The highest BCUT2D eigenvalue weighted by atomic mass is 16.5. The monoisotopic (exact) mass is 229 g/mol. The van der Waals surface area contributed by atoms with Crippen molar-refractivity contribution in [1.82, 2.24) is 0 Å². The van der Waals surface area contributed by atoms with Crippen LogP contribution in [-0.2, 0) is 4.74 Å². The second-order valence-electron chi connectivity index (χ2n) is 4.19. The van der Waals surface area contributed by atoms with Gasteiger partial charge in [-0.2, -0.15) is 0 Å². The Hall–Kier alpha value is -1.94. The summed E-state index contributed by atoms with van der Waals surface area (Å²) in [5.41, 5.74) is 6.88. The van der Waals surface area contributed by atoms with Crippen molar-refractivity contribution in [1.29, 1.82) is 0 Å². The highest BCUT2D eigenvalue weighted by Gasteiger charge is 2.39. The third-order valence-electron chi connectivity index (χ3n) is 3.15. The summed E-state index contributed by atoms with van der Waals surface area (Å²) < 4.78 is 5.44. The van der Waals surface area contributed by atoms with E-state index in [1.807, 2.05) is 0 Å². The van der Waals surface area contributed by atoms with E-state index in [0.29, 0.717) is 29.7 Å².